The monoisotopic (exact) mass is 235 g/mol. The zero-order valence-corrected chi connectivity index (χ0v) is 10.2. The van der Waals surface area contributed by atoms with Gasteiger partial charge >= 0.3 is 0 Å². The molecule has 0 heterocycles. The lowest BCUT2D eigenvalue weighted by Crippen LogP contribution is -2.27. The van der Waals surface area contributed by atoms with Crippen molar-refractivity contribution in [3.8, 4) is 0 Å². The predicted octanol–water partition coefficient (Wildman–Crippen LogP) is 0.437. The van der Waals surface area contributed by atoms with Gasteiger partial charge in [0.1, 0.15) is 0 Å². The molecule has 1 aliphatic carbocycles. The summed E-state index contributed by atoms with van der Waals surface area (Å²) >= 11 is 0. The van der Waals surface area contributed by atoms with Gasteiger partial charge in [-0.3, -0.25) is 0 Å². The third kappa shape index (κ3) is 6.87. The summed E-state index contributed by atoms with van der Waals surface area (Å²) in [5, 5.41) is 3.07. The minimum atomic E-state index is -2.82. The van der Waals surface area contributed by atoms with E-state index >= 15 is 0 Å². The van der Waals surface area contributed by atoms with Gasteiger partial charge in [-0.1, -0.05) is 6.92 Å². The van der Waals surface area contributed by atoms with Gasteiger partial charge in [-0.25, -0.2) is 8.42 Å². The molecule has 1 saturated carbocycles. The summed E-state index contributed by atoms with van der Waals surface area (Å²) in [5.74, 6) is 1.25. The molecule has 0 amide bonds. The number of sulfone groups is 1. The van der Waals surface area contributed by atoms with Crippen molar-refractivity contribution in [3.05, 3.63) is 0 Å². The fraction of sp³-hybridized carbons (Fsp3) is 1.00. The molecular weight excluding hydrogens is 214 g/mol. The molecule has 0 saturated heterocycles. The van der Waals surface area contributed by atoms with E-state index in [1.165, 1.54) is 12.8 Å². The van der Waals surface area contributed by atoms with Gasteiger partial charge in [0.15, 0.2) is 9.84 Å². The van der Waals surface area contributed by atoms with Crippen molar-refractivity contribution in [2.45, 2.75) is 19.8 Å². The third-order valence-electron chi connectivity index (χ3n) is 2.50. The van der Waals surface area contributed by atoms with Crippen LogP contribution in [0.5, 0.6) is 0 Å². The normalized spacial score (nSPS) is 16.9. The first-order valence-corrected chi connectivity index (χ1v) is 7.45. The molecule has 0 aromatic heterocycles. The van der Waals surface area contributed by atoms with E-state index < -0.39 is 9.84 Å². The molecule has 15 heavy (non-hydrogen) atoms. The smallest absolute Gasteiger partial charge is 0.151 e. The number of hydrogen-bond donors (Lipinski definition) is 1. The molecular formula is C10H21NO3S. The predicted molar refractivity (Wildman–Crippen MR) is 60.7 cm³/mol. The maximum absolute atomic E-state index is 11.1. The number of hydrogen-bond acceptors (Lipinski definition) is 4. The zero-order valence-electron chi connectivity index (χ0n) is 9.37. The van der Waals surface area contributed by atoms with E-state index in [-0.39, 0.29) is 11.5 Å². The van der Waals surface area contributed by atoms with Crippen molar-refractivity contribution in [1.29, 1.82) is 0 Å². The van der Waals surface area contributed by atoms with Crippen molar-refractivity contribution in [2.24, 2.45) is 5.92 Å². The fourth-order valence-electron chi connectivity index (χ4n) is 1.18. The molecule has 0 atom stereocenters. The van der Waals surface area contributed by atoms with E-state index in [2.05, 4.69) is 5.32 Å². The first-order valence-electron chi connectivity index (χ1n) is 5.63. The summed E-state index contributed by atoms with van der Waals surface area (Å²) < 4.78 is 27.6. The lowest BCUT2D eigenvalue weighted by molar-refractivity contribution is 0.126. The molecule has 5 heteroatoms. The van der Waals surface area contributed by atoms with Crippen LogP contribution in [0.3, 0.4) is 0 Å². The average molecular weight is 235 g/mol. The highest BCUT2D eigenvalue weighted by molar-refractivity contribution is 7.91. The van der Waals surface area contributed by atoms with Crippen molar-refractivity contribution in [1.82, 2.24) is 5.32 Å². The van der Waals surface area contributed by atoms with Gasteiger partial charge in [0, 0.05) is 25.4 Å². The van der Waals surface area contributed by atoms with Gasteiger partial charge in [-0.2, -0.15) is 0 Å². The minimum Gasteiger partial charge on any atom is -0.380 e. The zero-order chi connectivity index (χ0) is 11.1. The lowest BCUT2D eigenvalue weighted by atomic mass is 10.5. The van der Waals surface area contributed by atoms with Crippen LogP contribution in [0.1, 0.15) is 19.8 Å². The fourth-order valence-corrected chi connectivity index (χ4v) is 1.92. The molecule has 1 N–H and O–H groups in total. The summed E-state index contributed by atoms with van der Waals surface area (Å²) in [6.07, 6.45) is 2.62. The standard InChI is InChI=1S/C10H21NO3S/c1-2-15(12,13)8-6-11-5-7-14-9-10-3-4-10/h10-11H,2-9H2,1H3. The van der Waals surface area contributed by atoms with E-state index in [9.17, 15) is 8.42 Å². The first-order chi connectivity index (χ1) is 7.14. The molecule has 1 rings (SSSR count). The van der Waals surface area contributed by atoms with Crippen LogP contribution in [0.2, 0.25) is 0 Å². The van der Waals surface area contributed by atoms with Crippen molar-refractivity contribution >= 4 is 9.84 Å². The molecule has 0 unspecified atom stereocenters. The number of rotatable bonds is 9. The SMILES string of the molecule is CCS(=O)(=O)CCNCCOCC1CC1. The van der Waals surface area contributed by atoms with Crippen molar-refractivity contribution < 1.29 is 13.2 Å². The topological polar surface area (TPSA) is 55.4 Å². The van der Waals surface area contributed by atoms with Crippen LogP contribution in [0.25, 0.3) is 0 Å². The average Bonchev–Trinajstić information content (AvgIpc) is 3.00. The highest BCUT2D eigenvalue weighted by atomic mass is 32.2. The molecule has 0 bridgehead atoms. The maximum atomic E-state index is 11.1. The van der Waals surface area contributed by atoms with Crippen LogP contribution in [-0.2, 0) is 14.6 Å². The Morgan fingerprint density at radius 1 is 1.33 bits per heavy atom. The van der Waals surface area contributed by atoms with E-state index in [1.54, 1.807) is 6.92 Å². The summed E-state index contributed by atoms with van der Waals surface area (Å²) in [7, 11) is -2.82. The molecule has 0 radical (unpaired) electrons. The number of ether oxygens (including phenoxy) is 1. The summed E-state index contributed by atoms with van der Waals surface area (Å²) in [4.78, 5) is 0. The Balaban J connectivity index is 1.83. The Kier molecular flexibility index (Phi) is 5.56. The van der Waals surface area contributed by atoms with E-state index in [0.29, 0.717) is 13.2 Å². The summed E-state index contributed by atoms with van der Waals surface area (Å²) in [6, 6.07) is 0. The molecule has 0 aromatic carbocycles. The van der Waals surface area contributed by atoms with Gasteiger partial charge in [0.2, 0.25) is 0 Å². The highest BCUT2D eigenvalue weighted by Crippen LogP contribution is 2.28. The van der Waals surface area contributed by atoms with Crippen molar-refractivity contribution in [2.75, 3.05) is 37.8 Å². The van der Waals surface area contributed by atoms with Gasteiger partial charge in [0.05, 0.1) is 12.4 Å². The Bertz CT molecular complexity index is 260. The molecule has 0 aliphatic heterocycles. The molecule has 1 fully saturated rings. The second-order valence-corrected chi connectivity index (χ2v) is 6.48. The van der Waals surface area contributed by atoms with Gasteiger partial charge in [-0.15, -0.1) is 0 Å². The molecule has 0 spiro atoms. The Morgan fingerprint density at radius 2 is 2.07 bits per heavy atom. The van der Waals surface area contributed by atoms with E-state index in [1.807, 2.05) is 0 Å². The Morgan fingerprint density at radius 3 is 2.67 bits per heavy atom. The van der Waals surface area contributed by atoms with Gasteiger partial charge in [0.25, 0.3) is 0 Å². The van der Waals surface area contributed by atoms with Crippen LogP contribution in [0.15, 0.2) is 0 Å². The van der Waals surface area contributed by atoms with Crippen LogP contribution in [0.4, 0.5) is 0 Å². The van der Waals surface area contributed by atoms with Gasteiger partial charge < -0.3 is 10.1 Å². The number of nitrogens with one attached hydrogen (secondary N) is 1. The third-order valence-corrected chi connectivity index (χ3v) is 4.21. The molecule has 4 nitrogen and oxygen atoms in total. The largest absolute Gasteiger partial charge is 0.380 e. The van der Waals surface area contributed by atoms with E-state index in [4.69, 9.17) is 4.74 Å². The Hall–Kier alpha value is -0.130. The lowest BCUT2D eigenvalue weighted by Gasteiger charge is -2.05. The second kappa shape index (κ2) is 6.45. The van der Waals surface area contributed by atoms with Crippen LogP contribution < -0.4 is 5.32 Å². The second-order valence-electron chi connectivity index (χ2n) is 4.00. The van der Waals surface area contributed by atoms with E-state index in [0.717, 1.165) is 19.1 Å². The summed E-state index contributed by atoms with van der Waals surface area (Å²) in [5.41, 5.74) is 0. The molecule has 1 aliphatic rings. The first kappa shape index (κ1) is 12.9. The Labute approximate surface area is 92.3 Å². The van der Waals surface area contributed by atoms with Crippen molar-refractivity contribution in [3.63, 3.8) is 0 Å². The van der Waals surface area contributed by atoms with Gasteiger partial charge in [-0.05, 0) is 18.8 Å². The highest BCUT2D eigenvalue weighted by Gasteiger charge is 2.20. The maximum Gasteiger partial charge on any atom is 0.151 e. The summed E-state index contributed by atoms with van der Waals surface area (Å²) in [6.45, 7) is 4.50. The van der Waals surface area contributed by atoms with Crippen LogP contribution >= 0.6 is 0 Å². The molecule has 90 valence electrons. The van der Waals surface area contributed by atoms with Crippen LogP contribution in [-0.4, -0.2) is 46.2 Å². The quantitative estimate of drug-likeness (QED) is 0.589. The van der Waals surface area contributed by atoms with Crippen LogP contribution in [0, 0.1) is 5.92 Å². The minimum absolute atomic E-state index is 0.228. The molecule has 0 aromatic rings.